The third-order valence-electron chi connectivity index (χ3n) is 4.65. The summed E-state index contributed by atoms with van der Waals surface area (Å²) in [4.78, 5) is 11.3. The van der Waals surface area contributed by atoms with Crippen LogP contribution in [-0.4, -0.2) is 11.1 Å². The first-order chi connectivity index (χ1) is 8.04. The minimum absolute atomic E-state index is 0.151. The predicted molar refractivity (Wildman–Crippen MR) is 66.5 cm³/mol. The Morgan fingerprint density at radius 2 is 2.35 bits per heavy atom. The van der Waals surface area contributed by atoms with Crippen LogP contribution in [0.25, 0.3) is 0 Å². The molecule has 3 unspecified atom stereocenters. The fraction of sp³-hybridized carbons (Fsp3) is 0.533. The Bertz CT molecular complexity index is 458. The Kier molecular flexibility index (Phi) is 2.13. The number of rotatable bonds is 2. The normalized spacial score (nSPS) is 42.9. The molecule has 3 aliphatic rings. The van der Waals surface area contributed by atoms with Gasteiger partial charge >= 0.3 is 5.97 Å². The van der Waals surface area contributed by atoms with Crippen LogP contribution in [0.15, 0.2) is 36.0 Å². The molecule has 0 aromatic heterocycles. The van der Waals surface area contributed by atoms with Crippen molar-refractivity contribution in [3.05, 3.63) is 36.0 Å². The van der Waals surface area contributed by atoms with Crippen molar-refractivity contribution in [3.8, 4) is 0 Å². The van der Waals surface area contributed by atoms with Crippen LogP contribution in [0, 0.1) is 16.7 Å². The van der Waals surface area contributed by atoms with Gasteiger partial charge in [-0.2, -0.15) is 0 Å². The molecule has 90 valence electrons. The van der Waals surface area contributed by atoms with E-state index in [1.54, 1.807) is 0 Å². The molecular weight excluding hydrogens is 212 g/mol. The molecule has 0 aromatic carbocycles. The Morgan fingerprint density at radius 3 is 2.88 bits per heavy atom. The van der Waals surface area contributed by atoms with E-state index in [-0.39, 0.29) is 5.41 Å². The zero-order valence-corrected chi connectivity index (χ0v) is 10.1. The average molecular weight is 230 g/mol. The summed E-state index contributed by atoms with van der Waals surface area (Å²) in [5.41, 5.74) is 0.663. The van der Waals surface area contributed by atoms with Crippen LogP contribution >= 0.6 is 0 Å². The summed E-state index contributed by atoms with van der Waals surface area (Å²) in [7, 11) is 0. The van der Waals surface area contributed by atoms with Crippen LogP contribution in [0.1, 0.15) is 32.6 Å². The molecule has 1 saturated carbocycles. The second kappa shape index (κ2) is 3.34. The first-order valence-electron chi connectivity index (χ1n) is 6.37. The molecule has 2 bridgehead atoms. The van der Waals surface area contributed by atoms with Gasteiger partial charge in [0.2, 0.25) is 0 Å². The van der Waals surface area contributed by atoms with E-state index in [1.807, 2.05) is 19.1 Å². The minimum atomic E-state index is -0.715. The molecule has 0 saturated heterocycles. The van der Waals surface area contributed by atoms with Gasteiger partial charge in [0.05, 0.1) is 5.41 Å². The molecule has 0 radical (unpaired) electrons. The van der Waals surface area contributed by atoms with Crippen molar-refractivity contribution in [1.82, 2.24) is 0 Å². The summed E-state index contributed by atoms with van der Waals surface area (Å²) in [5.74, 6) is 0.00887. The van der Waals surface area contributed by atoms with E-state index in [0.717, 1.165) is 5.92 Å². The molecule has 0 aliphatic heterocycles. The van der Waals surface area contributed by atoms with E-state index in [0.29, 0.717) is 6.42 Å². The maximum atomic E-state index is 11.3. The van der Waals surface area contributed by atoms with Crippen LogP contribution in [-0.2, 0) is 4.79 Å². The van der Waals surface area contributed by atoms with E-state index >= 15 is 0 Å². The van der Waals surface area contributed by atoms with Crippen molar-refractivity contribution in [2.45, 2.75) is 32.6 Å². The highest BCUT2D eigenvalue weighted by Gasteiger charge is 2.44. The molecule has 1 fully saturated rings. The first-order valence-corrected chi connectivity index (χ1v) is 6.37. The van der Waals surface area contributed by atoms with Crippen LogP contribution in [0.2, 0.25) is 0 Å². The molecule has 2 nitrogen and oxygen atoms in total. The standard InChI is InChI=1S/C15H18O2/c1-14(13(16)17)6-2-3-12(10-14)15-7-4-11(9-15)5-8-15/h2-4,7,10-11H,5-6,8-9H2,1H3,(H,16,17). The van der Waals surface area contributed by atoms with Gasteiger partial charge in [-0.25, -0.2) is 0 Å². The number of fused-ring (bicyclic) bond motifs is 2. The summed E-state index contributed by atoms with van der Waals surface area (Å²) in [6, 6.07) is 0. The zero-order valence-electron chi connectivity index (χ0n) is 10.1. The lowest BCUT2D eigenvalue weighted by Crippen LogP contribution is -2.29. The molecule has 0 heterocycles. The molecule has 0 amide bonds. The summed E-state index contributed by atoms with van der Waals surface area (Å²) in [5, 5.41) is 9.33. The van der Waals surface area contributed by atoms with Gasteiger partial charge in [-0.3, -0.25) is 4.79 Å². The number of carboxylic acid groups (broad SMARTS) is 1. The monoisotopic (exact) mass is 230 g/mol. The number of hydrogen-bond acceptors (Lipinski definition) is 1. The van der Waals surface area contributed by atoms with Gasteiger partial charge in [-0.05, 0) is 44.1 Å². The molecule has 17 heavy (non-hydrogen) atoms. The second-order valence-corrected chi connectivity index (χ2v) is 5.95. The predicted octanol–water partition coefficient (Wildman–Crippen LogP) is 3.32. The lowest BCUT2D eigenvalue weighted by molar-refractivity contribution is -0.145. The summed E-state index contributed by atoms with van der Waals surface area (Å²) in [6.45, 7) is 1.82. The third kappa shape index (κ3) is 1.50. The van der Waals surface area contributed by atoms with E-state index in [9.17, 15) is 9.90 Å². The topological polar surface area (TPSA) is 37.3 Å². The molecule has 1 N–H and O–H groups in total. The first kappa shape index (κ1) is 10.8. The SMILES string of the molecule is CC1(C(=O)O)C=C(C23C=CC(CC2)C3)C=CC1. The highest BCUT2D eigenvalue weighted by atomic mass is 16.4. The van der Waals surface area contributed by atoms with Crippen molar-refractivity contribution >= 4 is 5.97 Å². The van der Waals surface area contributed by atoms with Gasteiger partial charge in [0, 0.05) is 5.41 Å². The minimum Gasteiger partial charge on any atom is -0.481 e. The quantitative estimate of drug-likeness (QED) is 0.739. The maximum absolute atomic E-state index is 11.3. The van der Waals surface area contributed by atoms with Crippen molar-refractivity contribution in [2.24, 2.45) is 16.7 Å². The van der Waals surface area contributed by atoms with E-state index < -0.39 is 11.4 Å². The summed E-state index contributed by atoms with van der Waals surface area (Å²) < 4.78 is 0. The number of allylic oxidation sites excluding steroid dienone is 5. The highest BCUT2D eigenvalue weighted by Crippen LogP contribution is 2.55. The number of carboxylic acids is 1. The van der Waals surface area contributed by atoms with Crippen LogP contribution in [0.3, 0.4) is 0 Å². The lowest BCUT2D eigenvalue weighted by Gasteiger charge is -2.32. The van der Waals surface area contributed by atoms with Gasteiger partial charge in [0.15, 0.2) is 0 Å². The van der Waals surface area contributed by atoms with Crippen LogP contribution < -0.4 is 0 Å². The van der Waals surface area contributed by atoms with Crippen molar-refractivity contribution in [2.75, 3.05) is 0 Å². The van der Waals surface area contributed by atoms with Gasteiger partial charge in [-0.15, -0.1) is 0 Å². The van der Waals surface area contributed by atoms with Crippen LogP contribution in [0.5, 0.6) is 0 Å². The fourth-order valence-electron chi connectivity index (χ4n) is 3.45. The van der Waals surface area contributed by atoms with Crippen molar-refractivity contribution in [3.63, 3.8) is 0 Å². The molecule has 3 rings (SSSR count). The van der Waals surface area contributed by atoms with E-state index in [2.05, 4.69) is 18.2 Å². The Balaban J connectivity index is 1.98. The van der Waals surface area contributed by atoms with Gasteiger partial charge in [-0.1, -0.05) is 30.4 Å². The Labute approximate surface area is 102 Å². The number of aliphatic carboxylic acids is 1. The summed E-state index contributed by atoms with van der Waals surface area (Å²) in [6.07, 6.45) is 15.0. The molecule has 0 aromatic rings. The lowest BCUT2D eigenvalue weighted by atomic mass is 9.72. The third-order valence-corrected chi connectivity index (χ3v) is 4.65. The molecule has 3 atom stereocenters. The Morgan fingerprint density at radius 1 is 1.53 bits per heavy atom. The van der Waals surface area contributed by atoms with Gasteiger partial charge in [0.25, 0.3) is 0 Å². The molecular formula is C15H18O2. The largest absolute Gasteiger partial charge is 0.481 e. The number of carbonyl (C=O) groups is 1. The van der Waals surface area contributed by atoms with Crippen molar-refractivity contribution in [1.29, 1.82) is 0 Å². The molecule has 2 heteroatoms. The van der Waals surface area contributed by atoms with Crippen molar-refractivity contribution < 1.29 is 9.90 Å². The van der Waals surface area contributed by atoms with Gasteiger partial charge < -0.3 is 5.11 Å². The number of hydrogen-bond donors (Lipinski definition) is 1. The average Bonchev–Trinajstić information content (AvgIpc) is 2.90. The molecule has 0 spiro atoms. The highest BCUT2D eigenvalue weighted by molar-refractivity contribution is 5.78. The summed E-state index contributed by atoms with van der Waals surface area (Å²) >= 11 is 0. The van der Waals surface area contributed by atoms with Crippen LogP contribution in [0.4, 0.5) is 0 Å². The fourth-order valence-corrected chi connectivity index (χ4v) is 3.45. The second-order valence-electron chi connectivity index (χ2n) is 5.95. The van der Waals surface area contributed by atoms with E-state index in [1.165, 1.54) is 24.8 Å². The van der Waals surface area contributed by atoms with E-state index in [4.69, 9.17) is 0 Å². The van der Waals surface area contributed by atoms with Gasteiger partial charge in [0.1, 0.15) is 0 Å². The maximum Gasteiger partial charge on any atom is 0.313 e. The molecule has 3 aliphatic carbocycles. The smallest absolute Gasteiger partial charge is 0.313 e. The zero-order chi connectivity index (χ0) is 12.1. The Hall–Kier alpha value is -1.31.